The molecule has 16 heavy (non-hydrogen) atoms. The maximum atomic E-state index is 4.98. The van der Waals surface area contributed by atoms with E-state index in [1.165, 1.54) is 5.56 Å². The normalized spacial score (nSPS) is 10.8. The third-order valence-corrected chi connectivity index (χ3v) is 2.26. The third-order valence-electron chi connectivity index (χ3n) is 2.26. The average Bonchev–Trinajstić information content (AvgIpc) is 2.90. The minimum Gasteiger partial charge on any atom is -0.360 e. The molecule has 1 N–H and O–H groups in total. The van der Waals surface area contributed by atoms with Gasteiger partial charge in [0.05, 0.1) is 18.9 Å². The highest BCUT2D eigenvalue weighted by Crippen LogP contribution is 2.00. The van der Waals surface area contributed by atoms with Crippen LogP contribution < -0.4 is 5.32 Å². The summed E-state index contributed by atoms with van der Waals surface area (Å²) in [4.78, 5) is 0. The van der Waals surface area contributed by atoms with Crippen LogP contribution in [-0.4, -0.2) is 14.9 Å². The summed E-state index contributed by atoms with van der Waals surface area (Å²) in [5, 5.41) is 11.2. The summed E-state index contributed by atoms with van der Waals surface area (Å²) in [6, 6.07) is 1.85. The minimum absolute atomic E-state index is 0.693. The van der Waals surface area contributed by atoms with Crippen molar-refractivity contribution in [3.63, 3.8) is 0 Å². The van der Waals surface area contributed by atoms with Crippen LogP contribution in [0.25, 0.3) is 0 Å². The number of nitrogens with one attached hydrogen (secondary N) is 1. The van der Waals surface area contributed by atoms with Gasteiger partial charge in [-0.3, -0.25) is 4.68 Å². The van der Waals surface area contributed by atoms with Gasteiger partial charge in [0.1, 0.15) is 5.76 Å². The van der Waals surface area contributed by atoms with Crippen molar-refractivity contribution in [3.05, 3.63) is 36.0 Å². The number of aromatic nitrogens is 3. The van der Waals surface area contributed by atoms with Crippen LogP contribution in [0.3, 0.4) is 0 Å². The van der Waals surface area contributed by atoms with E-state index in [2.05, 4.69) is 28.7 Å². The molecular weight excluding hydrogens is 204 g/mol. The lowest BCUT2D eigenvalue weighted by molar-refractivity contribution is 0.373. The zero-order valence-corrected chi connectivity index (χ0v) is 9.39. The van der Waals surface area contributed by atoms with Crippen LogP contribution in [0.2, 0.25) is 0 Å². The molecule has 0 saturated carbocycles. The topological polar surface area (TPSA) is 55.9 Å². The minimum atomic E-state index is 0.693. The number of aryl methyl sites for hydroxylation is 1. The predicted molar refractivity (Wildman–Crippen MR) is 59.6 cm³/mol. The number of hydrogen-bond donors (Lipinski definition) is 1. The molecule has 2 aromatic rings. The van der Waals surface area contributed by atoms with Crippen LogP contribution >= 0.6 is 0 Å². The highest BCUT2D eigenvalue weighted by atomic mass is 16.5. The Morgan fingerprint density at radius 2 is 2.38 bits per heavy atom. The smallest absolute Gasteiger partial charge is 0.150 e. The van der Waals surface area contributed by atoms with Crippen molar-refractivity contribution in [2.45, 2.75) is 33.0 Å². The molecule has 2 heterocycles. The molecule has 0 saturated heterocycles. The lowest BCUT2D eigenvalue weighted by Gasteiger charge is -1.99. The fourth-order valence-electron chi connectivity index (χ4n) is 1.51. The van der Waals surface area contributed by atoms with Crippen LogP contribution in [0.5, 0.6) is 0 Å². The number of nitrogens with zero attached hydrogens (tertiary/aromatic N) is 3. The first-order valence-electron chi connectivity index (χ1n) is 5.50. The summed E-state index contributed by atoms with van der Waals surface area (Å²) in [6.07, 6.45) is 6.71. The van der Waals surface area contributed by atoms with E-state index in [1.54, 1.807) is 6.20 Å². The average molecular weight is 220 g/mol. The van der Waals surface area contributed by atoms with Gasteiger partial charge in [-0.25, -0.2) is 0 Å². The van der Waals surface area contributed by atoms with Gasteiger partial charge in [0.25, 0.3) is 0 Å². The van der Waals surface area contributed by atoms with Crippen molar-refractivity contribution >= 4 is 0 Å². The molecule has 5 heteroatoms. The Hall–Kier alpha value is -1.62. The van der Waals surface area contributed by atoms with E-state index >= 15 is 0 Å². The summed E-state index contributed by atoms with van der Waals surface area (Å²) >= 11 is 0. The lowest BCUT2D eigenvalue weighted by Crippen LogP contribution is -2.11. The fraction of sp³-hybridized carbons (Fsp3) is 0.455. The van der Waals surface area contributed by atoms with Crippen LogP contribution in [0.4, 0.5) is 0 Å². The summed E-state index contributed by atoms with van der Waals surface area (Å²) < 4.78 is 6.95. The maximum Gasteiger partial charge on any atom is 0.150 e. The first-order chi connectivity index (χ1) is 7.88. The largest absolute Gasteiger partial charge is 0.360 e. The van der Waals surface area contributed by atoms with E-state index in [9.17, 15) is 0 Å². The van der Waals surface area contributed by atoms with E-state index in [0.717, 1.165) is 25.3 Å². The van der Waals surface area contributed by atoms with Gasteiger partial charge < -0.3 is 9.84 Å². The fourth-order valence-corrected chi connectivity index (χ4v) is 1.51. The molecule has 0 radical (unpaired) electrons. The van der Waals surface area contributed by atoms with Gasteiger partial charge in [0.2, 0.25) is 0 Å². The Morgan fingerprint density at radius 3 is 3.12 bits per heavy atom. The van der Waals surface area contributed by atoms with Gasteiger partial charge in [-0.2, -0.15) is 5.10 Å². The molecule has 0 aromatic carbocycles. The van der Waals surface area contributed by atoms with Gasteiger partial charge in [0, 0.05) is 30.9 Å². The SMILES string of the molecule is CCCn1cc(CNCc2ccno2)cn1. The Labute approximate surface area is 94.4 Å². The van der Waals surface area contributed by atoms with E-state index < -0.39 is 0 Å². The summed E-state index contributed by atoms with van der Waals surface area (Å²) in [5.74, 6) is 0.848. The molecule has 0 aliphatic carbocycles. The molecule has 0 aliphatic heterocycles. The van der Waals surface area contributed by atoms with E-state index in [1.807, 2.05) is 16.9 Å². The molecule has 5 nitrogen and oxygen atoms in total. The van der Waals surface area contributed by atoms with Crippen LogP contribution in [0.15, 0.2) is 29.2 Å². The second kappa shape index (κ2) is 5.46. The lowest BCUT2D eigenvalue weighted by atomic mass is 10.3. The molecular formula is C11H16N4O. The molecule has 0 fully saturated rings. The van der Waals surface area contributed by atoms with Crippen LogP contribution in [0, 0.1) is 0 Å². The summed E-state index contributed by atoms with van der Waals surface area (Å²) in [5.41, 5.74) is 1.19. The molecule has 0 aliphatic rings. The molecule has 0 amide bonds. The Bertz CT molecular complexity index is 407. The zero-order chi connectivity index (χ0) is 11.2. The third kappa shape index (κ3) is 2.93. The van der Waals surface area contributed by atoms with Gasteiger partial charge in [-0.1, -0.05) is 12.1 Å². The Kier molecular flexibility index (Phi) is 3.71. The van der Waals surface area contributed by atoms with Crippen molar-refractivity contribution in [2.24, 2.45) is 0 Å². The summed E-state index contributed by atoms with van der Waals surface area (Å²) in [6.45, 7) is 4.61. The van der Waals surface area contributed by atoms with Crippen molar-refractivity contribution in [1.29, 1.82) is 0 Å². The molecule has 0 bridgehead atoms. The molecule has 2 aromatic heterocycles. The molecule has 2 rings (SSSR count). The highest BCUT2D eigenvalue weighted by molar-refractivity contribution is 5.03. The monoisotopic (exact) mass is 220 g/mol. The van der Waals surface area contributed by atoms with E-state index in [0.29, 0.717) is 6.54 Å². The second-order valence-electron chi connectivity index (χ2n) is 3.69. The maximum absolute atomic E-state index is 4.98. The quantitative estimate of drug-likeness (QED) is 0.802. The second-order valence-corrected chi connectivity index (χ2v) is 3.69. The molecule has 0 atom stereocenters. The Balaban J connectivity index is 1.76. The van der Waals surface area contributed by atoms with Gasteiger partial charge in [-0.05, 0) is 6.42 Å². The first kappa shape index (κ1) is 10.9. The van der Waals surface area contributed by atoms with Crippen molar-refractivity contribution < 1.29 is 4.52 Å². The first-order valence-corrected chi connectivity index (χ1v) is 5.50. The number of hydrogen-bond acceptors (Lipinski definition) is 4. The van der Waals surface area contributed by atoms with Gasteiger partial charge >= 0.3 is 0 Å². The standard InChI is InChI=1S/C11H16N4O/c1-2-5-15-9-10(7-13-15)6-12-8-11-3-4-14-16-11/h3-4,7,9,12H,2,5-6,8H2,1H3. The van der Waals surface area contributed by atoms with Crippen molar-refractivity contribution in [1.82, 2.24) is 20.3 Å². The van der Waals surface area contributed by atoms with Crippen molar-refractivity contribution in [2.75, 3.05) is 0 Å². The van der Waals surface area contributed by atoms with Crippen LogP contribution in [0.1, 0.15) is 24.7 Å². The summed E-state index contributed by atoms with van der Waals surface area (Å²) in [7, 11) is 0. The highest BCUT2D eigenvalue weighted by Gasteiger charge is 1.99. The Morgan fingerprint density at radius 1 is 1.44 bits per heavy atom. The molecule has 0 spiro atoms. The van der Waals surface area contributed by atoms with E-state index in [-0.39, 0.29) is 0 Å². The molecule has 0 unspecified atom stereocenters. The van der Waals surface area contributed by atoms with Gasteiger partial charge in [0.15, 0.2) is 0 Å². The van der Waals surface area contributed by atoms with Gasteiger partial charge in [-0.15, -0.1) is 0 Å². The molecule has 86 valence electrons. The number of rotatable bonds is 6. The van der Waals surface area contributed by atoms with E-state index in [4.69, 9.17) is 4.52 Å². The van der Waals surface area contributed by atoms with Crippen LogP contribution in [-0.2, 0) is 19.6 Å². The zero-order valence-electron chi connectivity index (χ0n) is 9.39. The predicted octanol–water partition coefficient (Wildman–Crippen LogP) is 1.57. The van der Waals surface area contributed by atoms with Crippen molar-refractivity contribution in [3.8, 4) is 0 Å².